The Morgan fingerprint density at radius 3 is 3.07 bits per heavy atom. The summed E-state index contributed by atoms with van der Waals surface area (Å²) in [6, 6.07) is 6.23. The zero-order chi connectivity index (χ0) is 9.71. The van der Waals surface area contributed by atoms with Crippen molar-refractivity contribution in [2.75, 3.05) is 0 Å². The normalized spacial score (nSPS) is 28.5. The van der Waals surface area contributed by atoms with Gasteiger partial charge < -0.3 is 4.74 Å². The molecule has 2 nitrogen and oxygen atoms in total. The number of hydrogen-bond acceptors (Lipinski definition) is 2. The number of carbonyl (C=O) groups is 1. The Bertz CT molecular complexity index is 414. The van der Waals surface area contributed by atoms with Crippen LogP contribution < -0.4 is 0 Å². The number of ether oxygens (including phenoxy) is 1. The summed E-state index contributed by atoms with van der Waals surface area (Å²) in [6.07, 6.45) is 1.65. The topological polar surface area (TPSA) is 26.3 Å². The molecule has 0 saturated carbocycles. The van der Waals surface area contributed by atoms with Crippen molar-refractivity contribution in [2.24, 2.45) is 5.92 Å². The zero-order valence-corrected chi connectivity index (χ0v) is 9.65. The first-order valence-corrected chi connectivity index (χ1v) is 5.80. The van der Waals surface area contributed by atoms with Crippen LogP contribution in [-0.4, -0.2) is 5.97 Å². The number of fused-ring (bicyclic) bond motifs is 3. The van der Waals surface area contributed by atoms with Crippen LogP contribution in [0.3, 0.4) is 0 Å². The lowest BCUT2D eigenvalue weighted by atomic mass is 10.0. The number of carbonyl (C=O) groups excluding carboxylic acids is 1. The van der Waals surface area contributed by atoms with Crippen LogP contribution >= 0.6 is 22.6 Å². The Labute approximate surface area is 95.8 Å². The van der Waals surface area contributed by atoms with Crippen molar-refractivity contribution in [3.8, 4) is 0 Å². The second kappa shape index (κ2) is 2.95. The molecular formula is C11H9IO2. The lowest BCUT2D eigenvalue weighted by molar-refractivity contribution is -0.141. The number of rotatable bonds is 0. The first kappa shape index (κ1) is 8.71. The van der Waals surface area contributed by atoms with Crippen LogP contribution in [0.2, 0.25) is 0 Å². The molecule has 0 bridgehead atoms. The van der Waals surface area contributed by atoms with E-state index in [0.717, 1.165) is 6.42 Å². The molecule has 3 rings (SSSR count). The molecule has 2 aliphatic rings. The molecule has 3 heteroatoms. The highest BCUT2D eigenvalue weighted by Gasteiger charge is 2.42. The van der Waals surface area contributed by atoms with Crippen molar-refractivity contribution in [3.63, 3.8) is 0 Å². The fraction of sp³-hybridized carbons (Fsp3) is 0.364. The molecule has 1 aromatic rings. The van der Waals surface area contributed by atoms with E-state index in [1.54, 1.807) is 0 Å². The average Bonchev–Trinajstić information content (AvgIpc) is 2.63. The van der Waals surface area contributed by atoms with Crippen LogP contribution in [0.4, 0.5) is 0 Å². The van der Waals surface area contributed by atoms with Crippen LogP contribution in [0, 0.1) is 9.49 Å². The predicted molar refractivity (Wildman–Crippen MR) is 59.8 cm³/mol. The summed E-state index contributed by atoms with van der Waals surface area (Å²) in [5.41, 5.74) is 2.61. The molecule has 2 atom stereocenters. The van der Waals surface area contributed by atoms with Gasteiger partial charge >= 0.3 is 5.97 Å². The van der Waals surface area contributed by atoms with Crippen molar-refractivity contribution in [1.29, 1.82) is 0 Å². The fourth-order valence-corrected chi connectivity index (χ4v) is 3.16. The summed E-state index contributed by atoms with van der Waals surface area (Å²) >= 11 is 2.35. The summed E-state index contributed by atoms with van der Waals surface area (Å²) in [6.45, 7) is 0. The van der Waals surface area contributed by atoms with E-state index in [-0.39, 0.29) is 12.1 Å². The maximum atomic E-state index is 11.1. The molecule has 14 heavy (non-hydrogen) atoms. The molecular weight excluding hydrogens is 291 g/mol. The van der Waals surface area contributed by atoms with Gasteiger partial charge in [-0.15, -0.1) is 0 Å². The summed E-state index contributed by atoms with van der Waals surface area (Å²) < 4.78 is 6.62. The second-order valence-corrected chi connectivity index (χ2v) is 5.05. The molecule has 1 saturated heterocycles. The van der Waals surface area contributed by atoms with Crippen LogP contribution in [0.1, 0.15) is 23.7 Å². The maximum absolute atomic E-state index is 11.1. The first-order valence-electron chi connectivity index (χ1n) is 4.72. The van der Waals surface area contributed by atoms with E-state index in [4.69, 9.17) is 4.74 Å². The van der Waals surface area contributed by atoms with Crippen molar-refractivity contribution in [1.82, 2.24) is 0 Å². The third kappa shape index (κ3) is 1.11. The highest BCUT2D eigenvalue weighted by Crippen LogP contribution is 2.46. The van der Waals surface area contributed by atoms with E-state index in [0.29, 0.717) is 12.3 Å². The standard InChI is InChI=1S/C11H9IO2/c12-9-3-1-2-7-8(9)4-6-5-10(13)14-11(6)7/h1-3,6,11H,4-5H2. The van der Waals surface area contributed by atoms with Gasteiger partial charge in [-0.1, -0.05) is 12.1 Å². The smallest absolute Gasteiger partial charge is 0.306 e. The summed E-state index contributed by atoms with van der Waals surface area (Å²) in [4.78, 5) is 11.1. The molecule has 1 fully saturated rings. The highest BCUT2D eigenvalue weighted by atomic mass is 127. The lowest BCUT2D eigenvalue weighted by Crippen LogP contribution is -1.99. The third-order valence-corrected chi connectivity index (χ3v) is 4.05. The molecule has 1 aliphatic carbocycles. The minimum atomic E-state index is -0.0375. The molecule has 0 radical (unpaired) electrons. The van der Waals surface area contributed by atoms with E-state index in [2.05, 4.69) is 34.7 Å². The zero-order valence-electron chi connectivity index (χ0n) is 7.50. The van der Waals surface area contributed by atoms with Gasteiger partial charge in [-0.2, -0.15) is 0 Å². The second-order valence-electron chi connectivity index (χ2n) is 3.89. The quantitative estimate of drug-likeness (QED) is 0.543. The Morgan fingerprint density at radius 1 is 1.36 bits per heavy atom. The molecule has 1 heterocycles. The Hall–Kier alpha value is -0.580. The Balaban J connectivity index is 2.09. The number of hydrogen-bond donors (Lipinski definition) is 0. The van der Waals surface area contributed by atoms with Crippen molar-refractivity contribution in [3.05, 3.63) is 32.9 Å². The number of benzene rings is 1. The number of halogens is 1. The van der Waals surface area contributed by atoms with Crippen molar-refractivity contribution >= 4 is 28.6 Å². The molecule has 2 unspecified atom stereocenters. The van der Waals surface area contributed by atoms with Crippen molar-refractivity contribution < 1.29 is 9.53 Å². The SMILES string of the molecule is O=C1CC2Cc3c(I)cccc3C2O1. The van der Waals surface area contributed by atoms with E-state index in [9.17, 15) is 4.79 Å². The third-order valence-electron chi connectivity index (χ3n) is 3.04. The van der Waals surface area contributed by atoms with E-state index in [1.807, 2.05) is 6.07 Å². The van der Waals surface area contributed by atoms with Gasteiger partial charge in [0.25, 0.3) is 0 Å². The van der Waals surface area contributed by atoms with Gasteiger partial charge in [0.1, 0.15) is 6.10 Å². The highest BCUT2D eigenvalue weighted by molar-refractivity contribution is 14.1. The summed E-state index contributed by atoms with van der Waals surface area (Å²) in [5.74, 6) is 0.359. The minimum Gasteiger partial charge on any atom is -0.457 e. The average molecular weight is 300 g/mol. The lowest BCUT2D eigenvalue weighted by Gasteiger charge is -2.08. The fourth-order valence-electron chi connectivity index (χ4n) is 2.42. The molecule has 72 valence electrons. The summed E-state index contributed by atoms with van der Waals surface area (Å²) in [7, 11) is 0. The predicted octanol–water partition coefficient (Wildman–Crippen LogP) is 2.45. The van der Waals surface area contributed by atoms with Gasteiger partial charge in [0.2, 0.25) is 0 Å². The molecule has 1 aliphatic heterocycles. The van der Waals surface area contributed by atoms with Crippen LogP contribution in [0.5, 0.6) is 0 Å². The van der Waals surface area contributed by atoms with Gasteiger partial charge in [-0.25, -0.2) is 0 Å². The Kier molecular flexibility index (Phi) is 1.84. The number of esters is 1. The molecule has 0 aromatic heterocycles. The van der Waals surface area contributed by atoms with E-state index >= 15 is 0 Å². The van der Waals surface area contributed by atoms with Crippen LogP contribution in [0.25, 0.3) is 0 Å². The van der Waals surface area contributed by atoms with Crippen LogP contribution in [-0.2, 0) is 16.0 Å². The summed E-state index contributed by atoms with van der Waals surface area (Å²) in [5, 5.41) is 0. The monoisotopic (exact) mass is 300 g/mol. The van der Waals surface area contributed by atoms with E-state index in [1.165, 1.54) is 14.7 Å². The molecule has 0 amide bonds. The van der Waals surface area contributed by atoms with E-state index < -0.39 is 0 Å². The van der Waals surface area contributed by atoms with Gasteiger partial charge in [0, 0.05) is 9.49 Å². The van der Waals surface area contributed by atoms with Gasteiger partial charge in [0.05, 0.1) is 6.42 Å². The molecule has 0 spiro atoms. The maximum Gasteiger partial charge on any atom is 0.306 e. The van der Waals surface area contributed by atoms with Gasteiger partial charge in [-0.05, 0) is 46.2 Å². The van der Waals surface area contributed by atoms with Crippen LogP contribution in [0.15, 0.2) is 18.2 Å². The largest absolute Gasteiger partial charge is 0.457 e. The van der Waals surface area contributed by atoms with Gasteiger partial charge in [0.15, 0.2) is 0 Å². The minimum absolute atomic E-state index is 0.0375. The Morgan fingerprint density at radius 2 is 2.21 bits per heavy atom. The van der Waals surface area contributed by atoms with Gasteiger partial charge in [-0.3, -0.25) is 4.79 Å². The first-order chi connectivity index (χ1) is 6.75. The molecule has 1 aromatic carbocycles. The molecule has 0 N–H and O–H groups in total. The van der Waals surface area contributed by atoms with Crippen molar-refractivity contribution in [2.45, 2.75) is 18.9 Å².